The molecule has 0 saturated heterocycles. The van der Waals surface area contributed by atoms with E-state index in [1.165, 1.54) is 82.4 Å². The molecule has 13 rings (SSSR count). The highest BCUT2D eigenvalue weighted by molar-refractivity contribution is 6.26. The summed E-state index contributed by atoms with van der Waals surface area (Å²) in [7, 11) is 0. The standard InChI is InChI=1S/C75H71N3O/c1-46-16-14-15-17-60(46)49-40-65-61-36-34-58(76(54-26-18-50(19-27-54)72(2,3)4)55-28-20-51(21-29-55)73(5,6)7)44-68(61)78-67-42-48-43-69-64(39-47(48)38-63(67)66(41-49)71(65)78)62-37-35-59(45-70(62)79-69)77(56-30-22-52(23-31-56)74(8,9)10)57-32-24-53(25-33-57)75(11,12)13/h14-45H,1-13H3. The third-order valence-corrected chi connectivity index (χ3v) is 16.8. The minimum atomic E-state index is 0.0421. The van der Waals surface area contributed by atoms with Crippen LogP contribution < -0.4 is 9.80 Å². The van der Waals surface area contributed by atoms with Crippen molar-refractivity contribution in [1.29, 1.82) is 0 Å². The molecule has 0 fully saturated rings. The molecule has 4 nitrogen and oxygen atoms in total. The molecular formula is C75H71N3O. The van der Waals surface area contributed by atoms with Crippen LogP contribution in [0.3, 0.4) is 0 Å². The molecule has 10 aromatic carbocycles. The maximum absolute atomic E-state index is 6.96. The summed E-state index contributed by atoms with van der Waals surface area (Å²) in [5.74, 6) is 0. The van der Waals surface area contributed by atoms with Crippen molar-refractivity contribution < 1.29 is 4.42 Å². The van der Waals surface area contributed by atoms with Gasteiger partial charge in [-0.1, -0.05) is 162 Å². The van der Waals surface area contributed by atoms with E-state index in [0.717, 1.165) is 61.4 Å². The molecule has 0 bridgehead atoms. The van der Waals surface area contributed by atoms with Gasteiger partial charge >= 0.3 is 0 Å². The van der Waals surface area contributed by atoms with E-state index in [2.05, 4.69) is 298 Å². The Bertz CT molecular complexity index is 4370. The van der Waals surface area contributed by atoms with Crippen LogP contribution in [0.1, 0.15) is 111 Å². The average molecular weight is 1030 g/mol. The smallest absolute Gasteiger partial charge is 0.137 e. The first-order chi connectivity index (χ1) is 37.6. The first-order valence-corrected chi connectivity index (χ1v) is 28.2. The van der Waals surface area contributed by atoms with Gasteiger partial charge < -0.3 is 18.6 Å². The van der Waals surface area contributed by atoms with Gasteiger partial charge in [0, 0.05) is 72.5 Å². The fraction of sp³-hybridized carbons (Fsp3) is 0.227. The van der Waals surface area contributed by atoms with E-state index in [1.54, 1.807) is 0 Å². The van der Waals surface area contributed by atoms with Crippen molar-refractivity contribution in [2.75, 3.05) is 9.80 Å². The number of hydrogen-bond acceptors (Lipinski definition) is 3. The molecule has 13 aromatic rings. The Hall–Kier alpha value is -8.34. The van der Waals surface area contributed by atoms with E-state index in [0.29, 0.717) is 0 Å². The summed E-state index contributed by atoms with van der Waals surface area (Å²) >= 11 is 0. The number of furan rings is 1. The number of hydrogen-bond donors (Lipinski definition) is 0. The van der Waals surface area contributed by atoms with Gasteiger partial charge in [-0.25, -0.2) is 0 Å². The minimum Gasteiger partial charge on any atom is -0.456 e. The highest BCUT2D eigenvalue weighted by Crippen LogP contribution is 2.47. The fourth-order valence-corrected chi connectivity index (χ4v) is 12.2. The predicted molar refractivity (Wildman–Crippen MR) is 340 cm³/mol. The van der Waals surface area contributed by atoms with E-state index in [4.69, 9.17) is 4.42 Å². The number of aromatic nitrogens is 1. The Morgan fingerprint density at radius 3 is 1.20 bits per heavy atom. The summed E-state index contributed by atoms with van der Waals surface area (Å²) in [6.45, 7) is 29.5. The lowest BCUT2D eigenvalue weighted by atomic mass is 9.86. The third kappa shape index (κ3) is 8.59. The monoisotopic (exact) mass is 1030 g/mol. The van der Waals surface area contributed by atoms with Crippen LogP contribution in [-0.2, 0) is 21.7 Å². The molecule has 0 radical (unpaired) electrons. The quantitative estimate of drug-likeness (QED) is 0.159. The average Bonchev–Trinajstić information content (AvgIpc) is 3.81. The molecule has 0 atom stereocenters. The van der Waals surface area contributed by atoms with Gasteiger partial charge in [0.25, 0.3) is 0 Å². The molecule has 0 aliphatic heterocycles. The highest BCUT2D eigenvalue weighted by atomic mass is 16.3. The van der Waals surface area contributed by atoms with E-state index in [1.807, 2.05) is 0 Å². The summed E-state index contributed by atoms with van der Waals surface area (Å²) < 4.78 is 9.50. The van der Waals surface area contributed by atoms with Crippen molar-refractivity contribution in [2.45, 2.75) is 112 Å². The number of rotatable bonds is 7. The number of anilines is 6. The van der Waals surface area contributed by atoms with Crippen molar-refractivity contribution in [3.63, 3.8) is 0 Å². The zero-order valence-electron chi connectivity index (χ0n) is 48.2. The Balaban J connectivity index is 1.00. The molecule has 4 heteroatoms. The van der Waals surface area contributed by atoms with Gasteiger partial charge in [0.15, 0.2) is 0 Å². The second-order valence-corrected chi connectivity index (χ2v) is 26.5. The van der Waals surface area contributed by atoms with Crippen molar-refractivity contribution >= 4 is 105 Å². The fourth-order valence-electron chi connectivity index (χ4n) is 12.2. The van der Waals surface area contributed by atoms with Crippen LogP contribution in [0.15, 0.2) is 199 Å². The van der Waals surface area contributed by atoms with Crippen LogP contribution in [-0.4, -0.2) is 4.40 Å². The number of nitrogens with zero attached hydrogens (tertiary/aromatic N) is 3. The van der Waals surface area contributed by atoms with E-state index in [-0.39, 0.29) is 21.7 Å². The lowest BCUT2D eigenvalue weighted by Crippen LogP contribution is -2.14. The maximum atomic E-state index is 6.96. The van der Waals surface area contributed by atoms with Gasteiger partial charge in [0.2, 0.25) is 0 Å². The molecule has 0 spiro atoms. The molecule has 0 aliphatic carbocycles. The summed E-state index contributed by atoms with van der Waals surface area (Å²) in [6.07, 6.45) is 0. The van der Waals surface area contributed by atoms with Gasteiger partial charge in [0.1, 0.15) is 11.2 Å². The topological polar surface area (TPSA) is 24.0 Å². The summed E-state index contributed by atoms with van der Waals surface area (Å²) in [5.41, 5.74) is 21.1. The van der Waals surface area contributed by atoms with Gasteiger partial charge in [0.05, 0.1) is 16.6 Å². The van der Waals surface area contributed by atoms with Crippen LogP contribution in [0, 0.1) is 6.92 Å². The van der Waals surface area contributed by atoms with Crippen LogP contribution in [0.2, 0.25) is 0 Å². The molecular weight excluding hydrogens is 959 g/mol. The Labute approximate surface area is 465 Å². The Kier molecular flexibility index (Phi) is 11.3. The summed E-state index contributed by atoms with van der Waals surface area (Å²) in [6, 6.07) is 73.3. The van der Waals surface area contributed by atoms with Crippen molar-refractivity contribution in [3.05, 3.63) is 222 Å². The van der Waals surface area contributed by atoms with Crippen molar-refractivity contribution in [1.82, 2.24) is 4.40 Å². The van der Waals surface area contributed by atoms with Crippen LogP contribution in [0.25, 0.3) is 81.9 Å². The lowest BCUT2D eigenvalue weighted by molar-refractivity contribution is 0.590. The highest BCUT2D eigenvalue weighted by Gasteiger charge is 2.25. The molecule has 0 saturated carbocycles. The second kappa shape index (κ2) is 17.8. The summed E-state index contributed by atoms with van der Waals surface area (Å²) in [5, 5.41) is 9.53. The summed E-state index contributed by atoms with van der Waals surface area (Å²) in [4.78, 5) is 4.78. The van der Waals surface area contributed by atoms with Gasteiger partial charge in [-0.15, -0.1) is 0 Å². The predicted octanol–water partition coefficient (Wildman–Crippen LogP) is 22.0. The van der Waals surface area contributed by atoms with Crippen LogP contribution >= 0.6 is 0 Å². The molecule has 0 N–H and O–H groups in total. The van der Waals surface area contributed by atoms with Gasteiger partial charge in [-0.3, -0.25) is 0 Å². The lowest BCUT2D eigenvalue weighted by Gasteiger charge is -2.28. The maximum Gasteiger partial charge on any atom is 0.137 e. The molecule has 3 aromatic heterocycles. The Morgan fingerprint density at radius 1 is 0.329 bits per heavy atom. The third-order valence-electron chi connectivity index (χ3n) is 16.8. The van der Waals surface area contributed by atoms with Crippen molar-refractivity contribution in [2.24, 2.45) is 0 Å². The van der Waals surface area contributed by atoms with E-state index >= 15 is 0 Å². The van der Waals surface area contributed by atoms with Gasteiger partial charge in [-0.2, -0.15) is 0 Å². The molecule has 392 valence electrons. The molecule has 0 aliphatic rings. The van der Waals surface area contributed by atoms with Gasteiger partial charge in [-0.05, 0) is 187 Å². The number of aryl methyl sites for hydroxylation is 1. The molecule has 0 unspecified atom stereocenters. The second-order valence-electron chi connectivity index (χ2n) is 26.5. The van der Waals surface area contributed by atoms with Crippen LogP contribution in [0.5, 0.6) is 0 Å². The number of fused-ring (bicyclic) bond motifs is 10. The largest absolute Gasteiger partial charge is 0.456 e. The molecule has 79 heavy (non-hydrogen) atoms. The molecule has 3 heterocycles. The SMILES string of the molecule is Cc1ccccc1-c1cc2c3ccc(N(c4ccc(C(C)(C)C)cc4)c4ccc(C(C)(C)C)cc4)cc3n3c4cc5cc6oc7cc(N(c8ccc(C(C)(C)C)cc8)c8ccc(C(C)(C)C)cc8)ccc7c6cc5cc4c(c1)c23. The van der Waals surface area contributed by atoms with E-state index in [9.17, 15) is 0 Å². The van der Waals surface area contributed by atoms with E-state index < -0.39 is 0 Å². The van der Waals surface area contributed by atoms with Crippen molar-refractivity contribution in [3.8, 4) is 11.1 Å². The Morgan fingerprint density at radius 2 is 0.722 bits per heavy atom. The first-order valence-electron chi connectivity index (χ1n) is 28.2. The zero-order chi connectivity index (χ0) is 55.1. The van der Waals surface area contributed by atoms with Crippen LogP contribution in [0.4, 0.5) is 34.1 Å². The minimum absolute atomic E-state index is 0.0421. The first kappa shape index (κ1) is 50.2. The molecule has 0 amide bonds. The number of benzene rings is 10. The zero-order valence-corrected chi connectivity index (χ0v) is 48.2. The normalized spacial score (nSPS) is 12.9.